The number of ketones is 1. The SMILES string of the molecule is Cc1ccc(C(=O)NCC(F)(F)F)cc1NC(=O)c1ccccc1C(=O)c1ccc(F)cc1. The molecule has 0 fully saturated rings. The Morgan fingerprint density at radius 3 is 2.06 bits per heavy atom. The van der Waals surface area contributed by atoms with Gasteiger partial charge in [0, 0.05) is 22.4 Å². The molecule has 0 spiro atoms. The summed E-state index contributed by atoms with van der Waals surface area (Å²) < 4.78 is 50.3. The smallest absolute Gasteiger partial charge is 0.343 e. The van der Waals surface area contributed by atoms with Gasteiger partial charge in [-0.3, -0.25) is 14.4 Å². The van der Waals surface area contributed by atoms with Crippen LogP contribution in [0.4, 0.5) is 23.2 Å². The van der Waals surface area contributed by atoms with Gasteiger partial charge < -0.3 is 10.6 Å². The molecule has 0 aromatic heterocycles. The minimum absolute atomic E-state index is 0.0400. The molecular formula is C24H18F4N2O3. The van der Waals surface area contributed by atoms with Crippen LogP contribution in [0.5, 0.6) is 0 Å². The number of halogens is 4. The molecule has 3 aromatic rings. The summed E-state index contributed by atoms with van der Waals surface area (Å²) in [5.74, 6) is -2.60. The average molecular weight is 458 g/mol. The van der Waals surface area contributed by atoms with E-state index in [-0.39, 0.29) is 27.9 Å². The van der Waals surface area contributed by atoms with Gasteiger partial charge in [0.2, 0.25) is 0 Å². The number of benzene rings is 3. The third-order valence-corrected chi connectivity index (χ3v) is 4.72. The molecule has 3 rings (SSSR count). The van der Waals surface area contributed by atoms with Crippen molar-refractivity contribution in [1.29, 1.82) is 0 Å². The van der Waals surface area contributed by atoms with Crippen molar-refractivity contribution >= 4 is 23.3 Å². The number of carbonyl (C=O) groups is 3. The fourth-order valence-electron chi connectivity index (χ4n) is 3.01. The number of amides is 2. The quantitative estimate of drug-likeness (QED) is 0.407. The van der Waals surface area contributed by atoms with Crippen LogP contribution in [0.1, 0.15) is 42.2 Å². The van der Waals surface area contributed by atoms with Gasteiger partial charge in [-0.25, -0.2) is 4.39 Å². The molecule has 9 heteroatoms. The Labute approximate surface area is 186 Å². The van der Waals surface area contributed by atoms with Crippen LogP contribution in [0.25, 0.3) is 0 Å². The topological polar surface area (TPSA) is 75.3 Å². The number of aryl methyl sites for hydroxylation is 1. The molecule has 0 aliphatic carbocycles. The maximum absolute atomic E-state index is 13.2. The molecule has 0 saturated heterocycles. The van der Waals surface area contributed by atoms with Crippen molar-refractivity contribution in [2.75, 3.05) is 11.9 Å². The second-order valence-electron chi connectivity index (χ2n) is 7.16. The monoisotopic (exact) mass is 458 g/mol. The summed E-state index contributed by atoms with van der Waals surface area (Å²) in [5, 5.41) is 4.37. The summed E-state index contributed by atoms with van der Waals surface area (Å²) in [6.45, 7) is 0.156. The van der Waals surface area contributed by atoms with E-state index in [1.807, 2.05) is 0 Å². The predicted molar refractivity (Wildman–Crippen MR) is 114 cm³/mol. The fourth-order valence-corrected chi connectivity index (χ4v) is 3.01. The van der Waals surface area contributed by atoms with E-state index in [2.05, 4.69) is 5.32 Å². The van der Waals surface area contributed by atoms with Crippen LogP contribution in [0, 0.1) is 12.7 Å². The first-order valence-electron chi connectivity index (χ1n) is 9.71. The molecule has 0 atom stereocenters. The van der Waals surface area contributed by atoms with E-state index in [9.17, 15) is 31.9 Å². The van der Waals surface area contributed by atoms with Gasteiger partial charge in [-0.15, -0.1) is 0 Å². The van der Waals surface area contributed by atoms with Crippen molar-refractivity contribution in [2.45, 2.75) is 13.1 Å². The van der Waals surface area contributed by atoms with Crippen molar-refractivity contribution in [3.8, 4) is 0 Å². The van der Waals surface area contributed by atoms with Gasteiger partial charge >= 0.3 is 6.18 Å². The van der Waals surface area contributed by atoms with Gasteiger partial charge in [-0.05, 0) is 55.0 Å². The minimum atomic E-state index is -4.56. The zero-order valence-electron chi connectivity index (χ0n) is 17.3. The van der Waals surface area contributed by atoms with Crippen LogP contribution in [0.3, 0.4) is 0 Å². The standard InChI is InChI=1S/C24H18F4N2O3/c1-14-6-7-16(22(32)29-13-24(26,27)28)12-20(14)30-23(33)19-5-3-2-4-18(19)21(31)15-8-10-17(25)11-9-15/h2-12H,13H2,1H3,(H,29,32)(H,30,33). The second kappa shape index (κ2) is 9.64. The Balaban J connectivity index is 1.84. The van der Waals surface area contributed by atoms with Crippen LogP contribution < -0.4 is 10.6 Å². The summed E-state index contributed by atoms with van der Waals surface area (Å²) in [7, 11) is 0. The summed E-state index contributed by atoms with van der Waals surface area (Å²) in [6, 6.07) is 15.0. The summed E-state index contributed by atoms with van der Waals surface area (Å²) in [5.41, 5.74) is 0.991. The highest BCUT2D eigenvalue weighted by Crippen LogP contribution is 2.21. The number of carbonyl (C=O) groups excluding carboxylic acids is 3. The molecule has 2 amide bonds. The largest absolute Gasteiger partial charge is 0.405 e. The number of hydrogen-bond acceptors (Lipinski definition) is 3. The Morgan fingerprint density at radius 2 is 1.42 bits per heavy atom. The molecule has 0 saturated carbocycles. The highest BCUT2D eigenvalue weighted by atomic mass is 19.4. The van der Waals surface area contributed by atoms with Crippen LogP contribution in [0.15, 0.2) is 66.7 Å². The van der Waals surface area contributed by atoms with Gasteiger partial charge in [0.05, 0.1) is 5.56 Å². The first kappa shape index (κ1) is 23.6. The van der Waals surface area contributed by atoms with Crippen LogP contribution in [-0.2, 0) is 0 Å². The van der Waals surface area contributed by atoms with E-state index in [0.717, 1.165) is 12.1 Å². The lowest BCUT2D eigenvalue weighted by Crippen LogP contribution is -2.33. The molecule has 3 aromatic carbocycles. The van der Waals surface area contributed by atoms with Gasteiger partial charge in [0.15, 0.2) is 5.78 Å². The van der Waals surface area contributed by atoms with E-state index in [0.29, 0.717) is 5.56 Å². The van der Waals surface area contributed by atoms with Crippen molar-refractivity contribution in [2.24, 2.45) is 0 Å². The highest BCUT2D eigenvalue weighted by Gasteiger charge is 2.28. The number of anilines is 1. The van der Waals surface area contributed by atoms with Gasteiger partial charge in [-0.1, -0.05) is 24.3 Å². The van der Waals surface area contributed by atoms with Crippen molar-refractivity contribution in [1.82, 2.24) is 5.32 Å². The Kier molecular flexibility index (Phi) is 6.91. The lowest BCUT2D eigenvalue weighted by molar-refractivity contribution is -0.123. The van der Waals surface area contributed by atoms with Gasteiger partial charge in [0.1, 0.15) is 12.4 Å². The van der Waals surface area contributed by atoms with Crippen LogP contribution >= 0.6 is 0 Å². The zero-order valence-corrected chi connectivity index (χ0v) is 17.3. The zero-order chi connectivity index (χ0) is 24.2. The lowest BCUT2D eigenvalue weighted by atomic mass is 9.97. The average Bonchev–Trinajstić information content (AvgIpc) is 2.78. The van der Waals surface area contributed by atoms with E-state index in [4.69, 9.17) is 0 Å². The first-order chi connectivity index (χ1) is 15.5. The molecule has 33 heavy (non-hydrogen) atoms. The molecule has 0 unspecified atom stereocenters. The Bertz CT molecular complexity index is 1210. The summed E-state index contributed by atoms with van der Waals surface area (Å²) >= 11 is 0. The number of hydrogen-bond donors (Lipinski definition) is 2. The third-order valence-electron chi connectivity index (χ3n) is 4.72. The third kappa shape index (κ3) is 6.03. The first-order valence-corrected chi connectivity index (χ1v) is 9.71. The fraction of sp³-hybridized carbons (Fsp3) is 0.125. The molecule has 0 aliphatic heterocycles. The van der Waals surface area contributed by atoms with Crippen LogP contribution in [0.2, 0.25) is 0 Å². The molecule has 5 nitrogen and oxygen atoms in total. The Hall–Kier alpha value is -4.01. The molecule has 170 valence electrons. The molecule has 0 aliphatic rings. The van der Waals surface area contributed by atoms with Crippen molar-refractivity contribution in [3.63, 3.8) is 0 Å². The van der Waals surface area contributed by atoms with Crippen LogP contribution in [-0.4, -0.2) is 30.3 Å². The number of rotatable bonds is 6. The lowest BCUT2D eigenvalue weighted by Gasteiger charge is -2.13. The predicted octanol–water partition coefficient (Wildman–Crippen LogP) is 4.91. The van der Waals surface area contributed by atoms with E-state index in [1.54, 1.807) is 24.4 Å². The molecular weight excluding hydrogens is 440 g/mol. The summed E-state index contributed by atoms with van der Waals surface area (Å²) in [4.78, 5) is 37.8. The molecule has 0 radical (unpaired) electrons. The number of nitrogens with one attached hydrogen (secondary N) is 2. The van der Waals surface area contributed by atoms with Gasteiger partial charge in [0.25, 0.3) is 11.8 Å². The molecule has 0 bridgehead atoms. The van der Waals surface area contributed by atoms with E-state index >= 15 is 0 Å². The second-order valence-corrected chi connectivity index (χ2v) is 7.16. The van der Waals surface area contributed by atoms with Crippen molar-refractivity contribution < 1.29 is 31.9 Å². The maximum atomic E-state index is 13.2. The normalized spacial score (nSPS) is 11.1. The minimum Gasteiger partial charge on any atom is -0.343 e. The maximum Gasteiger partial charge on any atom is 0.405 e. The van der Waals surface area contributed by atoms with Gasteiger partial charge in [-0.2, -0.15) is 13.2 Å². The Morgan fingerprint density at radius 1 is 0.818 bits per heavy atom. The summed E-state index contributed by atoms with van der Waals surface area (Å²) in [6.07, 6.45) is -4.56. The van der Waals surface area contributed by atoms with E-state index < -0.39 is 36.1 Å². The van der Waals surface area contributed by atoms with Crippen molar-refractivity contribution in [3.05, 3.63) is 100 Å². The highest BCUT2D eigenvalue weighted by molar-refractivity contribution is 6.17. The number of alkyl halides is 3. The molecule has 0 heterocycles. The molecule has 2 N–H and O–H groups in total. The van der Waals surface area contributed by atoms with E-state index in [1.165, 1.54) is 42.5 Å².